The third kappa shape index (κ3) is 2.19. The van der Waals surface area contributed by atoms with E-state index >= 15 is 0 Å². The molecule has 1 atom stereocenters. The Morgan fingerprint density at radius 1 is 1.50 bits per heavy atom. The number of H-pyrrole nitrogens is 1. The van der Waals surface area contributed by atoms with E-state index in [0.717, 1.165) is 30.1 Å². The molecule has 0 spiro atoms. The lowest BCUT2D eigenvalue weighted by molar-refractivity contribution is -0.0103. The molecule has 1 aromatic carbocycles. The van der Waals surface area contributed by atoms with Gasteiger partial charge in [0.1, 0.15) is 0 Å². The highest BCUT2D eigenvalue weighted by Gasteiger charge is 2.22. The third-order valence-electron chi connectivity index (χ3n) is 3.17. The molecule has 1 unspecified atom stereocenters. The number of morpholine rings is 1. The molecular weight excluding hydrogens is 230 g/mol. The average molecular weight is 247 g/mol. The minimum Gasteiger partial charge on any atom is -0.382 e. The van der Waals surface area contributed by atoms with Gasteiger partial charge in [-0.25, -0.2) is 4.98 Å². The maximum absolute atomic E-state index is 5.64. The molecule has 3 rings (SSSR count). The number of aromatic nitrogens is 2. The van der Waals surface area contributed by atoms with Crippen LogP contribution in [-0.4, -0.2) is 49.5 Å². The van der Waals surface area contributed by atoms with Crippen LogP contribution >= 0.6 is 0 Å². The summed E-state index contributed by atoms with van der Waals surface area (Å²) in [6.45, 7) is 3.01. The van der Waals surface area contributed by atoms with Crippen LogP contribution in [0.5, 0.6) is 0 Å². The van der Waals surface area contributed by atoms with Crippen molar-refractivity contribution in [3.05, 3.63) is 24.3 Å². The Bertz CT molecular complexity index is 491. The standard InChI is InChI=1S/C13H17N3O2/c1-17-9-10-8-16(6-7-18-10)13-14-11-4-2-3-5-12(11)15-13/h2-5,10H,6-9H2,1H3,(H,14,15). The van der Waals surface area contributed by atoms with Crippen molar-refractivity contribution in [2.24, 2.45) is 0 Å². The van der Waals surface area contributed by atoms with E-state index in [1.54, 1.807) is 7.11 Å². The molecule has 1 aliphatic rings. The van der Waals surface area contributed by atoms with Crippen molar-refractivity contribution < 1.29 is 9.47 Å². The van der Waals surface area contributed by atoms with E-state index < -0.39 is 0 Å². The Balaban J connectivity index is 1.80. The zero-order chi connectivity index (χ0) is 12.4. The van der Waals surface area contributed by atoms with Gasteiger partial charge >= 0.3 is 0 Å². The summed E-state index contributed by atoms with van der Waals surface area (Å²) >= 11 is 0. The summed E-state index contributed by atoms with van der Waals surface area (Å²) in [5, 5.41) is 0. The first-order valence-corrected chi connectivity index (χ1v) is 6.17. The highest BCUT2D eigenvalue weighted by Crippen LogP contribution is 2.19. The van der Waals surface area contributed by atoms with Gasteiger partial charge in [-0.05, 0) is 12.1 Å². The normalized spacial score (nSPS) is 20.5. The van der Waals surface area contributed by atoms with E-state index in [0.29, 0.717) is 13.2 Å². The monoisotopic (exact) mass is 247 g/mol. The topological polar surface area (TPSA) is 50.4 Å². The molecule has 2 aromatic rings. The highest BCUT2D eigenvalue weighted by atomic mass is 16.5. The SMILES string of the molecule is COCC1CN(c2nc3ccccc3[nH]2)CCO1. The fourth-order valence-electron chi connectivity index (χ4n) is 2.29. The van der Waals surface area contributed by atoms with E-state index in [4.69, 9.17) is 9.47 Å². The largest absolute Gasteiger partial charge is 0.382 e. The number of nitrogens with zero attached hydrogens (tertiary/aromatic N) is 2. The quantitative estimate of drug-likeness (QED) is 0.891. The van der Waals surface area contributed by atoms with Crippen molar-refractivity contribution in [2.75, 3.05) is 38.3 Å². The Morgan fingerprint density at radius 2 is 2.39 bits per heavy atom. The van der Waals surface area contributed by atoms with Crippen LogP contribution in [0.15, 0.2) is 24.3 Å². The lowest BCUT2D eigenvalue weighted by Crippen LogP contribution is -2.44. The van der Waals surface area contributed by atoms with Crippen molar-refractivity contribution in [3.63, 3.8) is 0 Å². The van der Waals surface area contributed by atoms with Crippen LogP contribution in [0.4, 0.5) is 5.95 Å². The first-order valence-electron chi connectivity index (χ1n) is 6.17. The van der Waals surface area contributed by atoms with Crippen molar-refractivity contribution in [2.45, 2.75) is 6.10 Å². The molecule has 0 saturated carbocycles. The maximum atomic E-state index is 5.64. The van der Waals surface area contributed by atoms with Gasteiger partial charge in [-0.2, -0.15) is 0 Å². The third-order valence-corrected chi connectivity index (χ3v) is 3.17. The molecule has 1 aliphatic heterocycles. The number of hydrogen-bond donors (Lipinski definition) is 1. The Hall–Kier alpha value is -1.59. The molecule has 5 nitrogen and oxygen atoms in total. The van der Waals surface area contributed by atoms with Gasteiger partial charge in [-0.15, -0.1) is 0 Å². The van der Waals surface area contributed by atoms with Gasteiger partial charge in [0.05, 0.1) is 30.4 Å². The van der Waals surface area contributed by atoms with E-state index in [2.05, 4.69) is 14.9 Å². The number of ether oxygens (including phenoxy) is 2. The van der Waals surface area contributed by atoms with Crippen LogP contribution in [0, 0.1) is 0 Å². The van der Waals surface area contributed by atoms with Crippen LogP contribution in [0.2, 0.25) is 0 Å². The highest BCUT2D eigenvalue weighted by molar-refractivity contribution is 5.77. The molecule has 0 radical (unpaired) electrons. The fraction of sp³-hybridized carbons (Fsp3) is 0.462. The van der Waals surface area contributed by atoms with Gasteiger partial charge < -0.3 is 19.4 Å². The number of hydrogen-bond acceptors (Lipinski definition) is 4. The minimum absolute atomic E-state index is 0.122. The molecule has 0 amide bonds. The Morgan fingerprint density at radius 3 is 3.22 bits per heavy atom. The zero-order valence-corrected chi connectivity index (χ0v) is 10.4. The Kier molecular flexibility index (Phi) is 3.17. The maximum Gasteiger partial charge on any atom is 0.204 e. The summed E-state index contributed by atoms with van der Waals surface area (Å²) in [6.07, 6.45) is 0.122. The van der Waals surface area contributed by atoms with Gasteiger partial charge in [-0.1, -0.05) is 12.1 Å². The van der Waals surface area contributed by atoms with Gasteiger partial charge in [0, 0.05) is 20.2 Å². The van der Waals surface area contributed by atoms with Gasteiger partial charge in [0.25, 0.3) is 0 Å². The second kappa shape index (κ2) is 4.96. The summed E-state index contributed by atoms with van der Waals surface area (Å²) in [5.41, 5.74) is 2.07. The average Bonchev–Trinajstić information content (AvgIpc) is 2.83. The van der Waals surface area contributed by atoms with Crippen molar-refractivity contribution in [3.8, 4) is 0 Å². The lowest BCUT2D eigenvalue weighted by atomic mass is 10.3. The second-order valence-corrected chi connectivity index (χ2v) is 4.47. The molecule has 1 N–H and O–H groups in total. The smallest absolute Gasteiger partial charge is 0.204 e. The van der Waals surface area contributed by atoms with E-state index in [1.807, 2.05) is 24.3 Å². The first-order chi connectivity index (χ1) is 8.86. The molecule has 1 saturated heterocycles. The summed E-state index contributed by atoms with van der Waals surface area (Å²) in [4.78, 5) is 10.2. The van der Waals surface area contributed by atoms with E-state index in [-0.39, 0.29) is 6.10 Å². The number of anilines is 1. The number of nitrogens with one attached hydrogen (secondary N) is 1. The summed E-state index contributed by atoms with van der Waals surface area (Å²) in [7, 11) is 1.70. The molecule has 1 aromatic heterocycles. The van der Waals surface area contributed by atoms with Crippen molar-refractivity contribution in [1.29, 1.82) is 0 Å². The van der Waals surface area contributed by atoms with Crippen LogP contribution in [0.3, 0.4) is 0 Å². The molecule has 18 heavy (non-hydrogen) atoms. The summed E-state index contributed by atoms with van der Waals surface area (Å²) in [5.74, 6) is 0.917. The van der Waals surface area contributed by atoms with Gasteiger partial charge in [-0.3, -0.25) is 0 Å². The lowest BCUT2D eigenvalue weighted by Gasteiger charge is -2.32. The van der Waals surface area contributed by atoms with Crippen LogP contribution in [-0.2, 0) is 9.47 Å². The van der Waals surface area contributed by atoms with Crippen LogP contribution in [0.25, 0.3) is 11.0 Å². The van der Waals surface area contributed by atoms with E-state index in [9.17, 15) is 0 Å². The fourth-order valence-corrected chi connectivity index (χ4v) is 2.29. The molecular formula is C13H17N3O2. The molecule has 96 valence electrons. The number of methoxy groups -OCH3 is 1. The molecule has 1 fully saturated rings. The Labute approximate surface area is 106 Å². The number of para-hydroxylation sites is 2. The van der Waals surface area contributed by atoms with Gasteiger partial charge in [0.2, 0.25) is 5.95 Å². The second-order valence-electron chi connectivity index (χ2n) is 4.47. The zero-order valence-electron chi connectivity index (χ0n) is 10.4. The molecule has 0 bridgehead atoms. The first kappa shape index (κ1) is 11.5. The predicted molar refractivity (Wildman–Crippen MR) is 69.9 cm³/mol. The molecule has 2 heterocycles. The number of benzene rings is 1. The minimum atomic E-state index is 0.122. The van der Waals surface area contributed by atoms with Gasteiger partial charge in [0.15, 0.2) is 0 Å². The summed E-state index contributed by atoms with van der Waals surface area (Å²) in [6, 6.07) is 8.07. The predicted octanol–water partition coefficient (Wildman–Crippen LogP) is 1.41. The number of rotatable bonds is 3. The van der Waals surface area contributed by atoms with Crippen molar-refractivity contribution >= 4 is 17.0 Å². The molecule has 0 aliphatic carbocycles. The summed E-state index contributed by atoms with van der Waals surface area (Å²) < 4.78 is 10.8. The number of aromatic amines is 1. The number of fused-ring (bicyclic) bond motifs is 1. The van der Waals surface area contributed by atoms with Crippen LogP contribution < -0.4 is 4.90 Å². The van der Waals surface area contributed by atoms with Crippen LogP contribution in [0.1, 0.15) is 0 Å². The van der Waals surface area contributed by atoms with E-state index in [1.165, 1.54) is 0 Å². The molecule has 5 heteroatoms. The van der Waals surface area contributed by atoms with Crippen molar-refractivity contribution in [1.82, 2.24) is 9.97 Å². The number of imidazole rings is 1.